The Balaban J connectivity index is 2.24. The number of carbonyl (C=O) groups excluding carboxylic acids is 1. The monoisotopic (exact) mass is 237 g/mol. The van der Waals surface area contributed by atoms with Gasteiger partial charge >= 0.3 is 0 Å². The second kappa shape index (κ2) is 7.76. The maximum Gasteiger partial charge on any atom is 0.270 e. The fourth-order valence-corrected chi connectivity index (χ4v) is 1.37. The summed E-state index contributed by atoms with van der Waals surface area (Å²) in [5, 5.41) is 2.80. The van der Waals surface area contributed by atoms with Gasteiger partial charge in [-0.1, -0.05) is 6.07 Å². The predicted octanol–water partition coefficient (Wildman–Crippen LogP) is 0.485. The van der Waals surface area contributed by atoms with Crippen LogP contribution in [0.1, 0.15) is 22.5 Å². The lowest BCUT2D eigenvalue weighted by molar-refractivity contribution is 0.0937. The van der Waals surface area contributed by atoms with E-state index in [-0.39, 0.29) is 5.91 Å². The molecule has 5 heteroatoms. The largest absolute Gasteiger partial charge is 0.380 e. The van der Waals surface area contributed by atoms with Crippen molar-refractivity contribution in [2.75, 3.05) is 26.3 Å². The number of amides is 1. The van der Waals surface area contributed by atoms with Gasteiger partial charge in [-0.15, -0.1) is 0 Å². The van der Waals surface area contributed by atoms with Crippen molar-refractivity contribution in [2.45, 2.75) is 13.3 Å². The summed E-state index contributed by atoms with van der Waals surface area (Å²) in [5.41, 5.74) is 6.64. The fourth-order valence-electron chi connectivity index (χ4n) is 1.37. The van der Waals surface area contributed by atoms with Crippen molar-refractivity contribution in [3.8, 4) is 0 Å². The molecule has 0 radical (unpaired) electrons. The van der Waals surface area contributed by atoms with Crippen molar-refractivity contribution < 1.29 is 9.53 Å². The summed E-state index contributed by atoms with van der Waals surface area (Å²) in [6.07, 6.45) is 2.39. The Morgan fingerprint density at radius 2 is 2.35 bits per heavy atom. The van der Waals surface area contributed by atoms with Gasteiger partial charge in [0.15, 0.2) is 0 Å². The van der Waals surface area contributed by atoms with Gasteiger partial charge < -0.3 is 15.8 Å². The highest BCUT2D eigenvalue weighted by molar-refractivity contribution is 5.93. The first kappa shape index (κ1) is 13.6. The van der Waals surface area contributed by atoms with Crippen LogP contribution in [0.4, 0.5) is 0 Å². The number of pyridine rings is 1. The van der Waals surface area contributed by atoms with Gasteiger partial charge in [-0.05, 0) is 25.0 Å². The second-order valence-electron chi connectivity index (χ2n) is 3.68. The van der Waals surface area contributed by atoms with E-state index in [9.17, 15) is 4.79 Å². The molecule has 0 aromatic carbocycles. The van der Waals surface area contributed by atoms with Crippen LogP contribution < -0.4 is 11.1 Å². The Hall–Kier alpha value is -1.46. The van der Waals surface area contributed by atoms with Gasteiger partial charge in [0.05, 0.1) is 6.61 Å². The van der Waals surface area contributed by atoms with Crippen LogP contribution >= 0.6 is 0 Å². The highest BCUT2D eigenvalue weighted by atomic mass is 16.5. The molecule has 0 saturated carbocycles. The summed E-state index contributed by atoms with van der Waals surface area (Å²) in [4.78, 5) is 15.8. The van der Waals surface area contributed by atoms with Crippen LogP contribution in [-0.4, -0.2) is 37.2 Å². The molecule has 1 aromatic heterocycles. The van der Waals surface area contributed by atoms with E-state index < -0.39 is 0 Å². The lowest BCUT2D eigenvalue weighted by atomic mass is 10.2. The molecule has 5 nitrogen and oxygen atoms in total. The van der Waals surface area contributed by atoms with Gasteiger partial charge in [0.25, 0.3) is 5.91 Å². The number of hydrogen-bond acceptors (Lipinski definition) is 4. The number of aromatic nitrogens is 1. The number of carbonyl (C=O) groups is 1. The zero-order valence-corrected chi connectivity index (χ0v) is 10.1. The van der Waals surface area contributed by atoms with Crippen LogP contribution in [0.15, 0.2) is 18.3 Å². The van der Waals surface area contributed by atoms with E-state index in [2.05, 4.69) is 10.3 Å². The van der Waals surface area contributed by atoms with Gasteiger partial charge in [-0.3, -0.25) is 9.78 Å². The molecule has 0 fully saturated rings. The zero-order chi connectivity index (χ0) is 12.5. The maximum atomic E-state index is 11.7. The molecule has 0 unspecified atom stereocenters. The number of nitrogens with one attached hydrogen (secondary N) is 1. The predicted molar refractivity (Wildman–Crippen MR) is 65.8 cm³/mol. The summed E-state index contributed by atoms with van der Waals surface area (Å²) in [6, 6.07) is 3.68. The lowest BCUT2D eigenvalue weighted by Crippen LogP contribution is -2.27. The van der Waals surface area contributed by atoms with Crippen molar-refractivity contribution in [2.24, 2.45) is 5.73 Å². The Morgan fingerprint density at radius 3 is 3.06 bits per heavy atom. The first-order chi connectivity index (χ1) is 8.25. The molecule has 17 heavy (non-hydrogen) atoms. The van der Waals surface area contributed by atoms with E-state index >= 15 is 0 Å². The number of nitrogens with two attached hydrogens (primary N) is 1. The average molecular weight is 237 g/mol. The summed E-state index contributed by atoms with van der Waals surface area (Å²) in [6.45, 7) is 4.15. The standard InChI is InChI=1S/C12H19N3O2/c1-10-4-2-6-14-11(10)12(16)15-7-3-8-17-9-5-13/h2,4,6H,3,5,7-9,13H2,1H3,(H,15,16). The van der Waals surface area contributed by atoms with Gasteiger partial charge in [0, 0.05) is 25.9 Å². The van der Waals surface area contributed by atoms with Gasteiger partial charge in [0.1, 0.15) is 5.69 Å². The molecular weight excluding hydrogens is 218 g/mol. The molecule has 94 valence electrons. The topological polar surface area (TPSA) is 77.2 Å². The molecule has 0 saturated heterocycles. The lowest BCUT2D eigenvalue weighted by Gasteiger charge is -2.06. The second-order valence-corrected chi connectivity index (χ2v) is 3.68. The van der Waals surface area contributed by atoms with E-state index in [0.29, 0.717) is 32.0 Å². The average Bonchev–Trinajstić information content (AvgIpc) is 2.34. The van der Waals surface area contributed by atoms with Crippen molar-refractivity contribution in [1.29, 1.82) is 0 Å². The Morgan fingerprint density at radius 1 is 1.53 bits per heavy atom. The van der Waals surface area contributed by atoms with Gasteiger partial charge in [-0.2, -0.15) is 0 Å². The molecule has 1 aromatic rings. The summed E-state index contributed by atoms with van der Waals surface area (Å²) < 4.78 is 5.20. The molecular formula is C12H19N3O2. The van der Waals surface area contributed by atoms with Crippen molar-refractivity contribution in [3.63, 3.8) is 0 Å². The molecule has 0 aliphatic heterocycles. The van der Waals surface area contributed by atoms with Crippen LogP contribution in [0.5, 0.6) is 0 Å². The molecule has 0 aliphatic rings. The first-order valence-electron chi connectivity index (χ1n) is 5.73. The highest BCUT2D eigenvalue weighted by Crippen LogP contribution is 2.02. The van der Waals surface area contributed by atoms with Gasteiger partial charge in [0.2, 0.25) is 0 Å². The van der Waals surface area contributed by atoms with E-state index in [4.69, 9.17) is 10.5 Å². The van der Waals surface area contributed by atoms with Gasteiger partial charge in [-0.25, -0.2) is 0 Å². The quantitative estimate of drug-likeness (QED) is 0.676. The summed E-state index contributed by atoms with van der Waals surface area (Å²) >= 11 is 0. The van der Waals surface area contributed by atoms with E-state index in [1.807, 2.05) is 19.1 Å². The third-order valence-electron chi connectivity index (χ3n) is 2.24. The summed E-state index contributed by atoms with van der Waals surface area (Å²) in [5.74, 6) is -0.137. The first-order valence-corrected chi connectivity index (χ1v) is 5.73. The van der Waals surface area contributed by atoms with Crippen molar-refractivity contribution in [3.05, 3.63) is 29.6 Å². The minimum atomic E-state index is -0.137. The molecule has 0 spiro atoms. The van der Waals surface area contributed by atoms with Crippen LogP contribution in [0.25, 0.3) is 0 Å². The maximum absolute atomic E-state index is 11.7. The number of rotatable bonds is 7. The number of aryl methyl sites for hydroxylation is 1. The Labute approximate surface area is 101 Å². The minimum Gasteiger partial charge on any atom is -0.380 e. The van der Waals surface area contributed by atoms with Crippen molar-refractivity contribution >= 4 is 5.91 Å². The van der Waals surface area contributed by atoms with E-state index in [0.717, 1.165) is 12.0 Å². The number of nitrogens with zero attached hydrogens (tertiary/aromatic N) is 1. The highest BCUT2D eigenvalue weighted by Gasteiger charge is 2.08. The third-order valence-corrected chi connectivity index (χ3v) is 2.24. The Bertz CT molecular complexity index is 355. The normalized spacial score (nSPS) is 10.2. The zero-order valence-electron chi connectivity index (χ0n) is 10.1. The molecule has 0 bridgehead atoms. The third kappa shape index (κ3) is 4.93. The number of ether oxygens (including phenoxy) is 1. The molecule has 1 rings (SSSR count). The van der Waals surface area contributed by atoms with Crippen LogP contribution in [0.2, 0.25) is 0 Å². The summed E-state index contributed by atoms with van der Waals surface area (Å²) in [7, 11) is 0. The Kier molecular flexibility index (Phi) is 6.21. The molecule has 1 amide bonds. The van der Waals surface area contributed by atoms with E-state index in [1.165, 1.54) is 0 Å². The number of hydrogen-bond donors (Lipinski definition) is 2. The van der Waals surface area contributed by atoms with Crippen molar-refractivity contribution in [1.82, 2.24) is 10.3 Å². The van der Waals surface area contributed by atoms with Crippen LogP contribution in [-0.2, 0) is 4.74 Å². The SMILES string of the molecule is Cc1cccnc1C(=O)NCCCOCCN. The smallest absolute Gasteiger partial charge is 0.270 e. The minimum absolute atomic E-state index is 0.137. The van der Waals surface area contributed by atoms with E-state index in [1.54, 1.807) is 6.20 Å². The fraction of sp³-hybridized carbons (Fsp3) is 0.500. The molecule has 3 N–H and O–H groups in total. The molecule has 0 aliphatic carbocycles. The molecule has 0 atom stereocenters. The molecule has 1 heterocycles. The van der Waals surface area contributed by atoms with Crippen LogP contribution in [0.3, 0.4) is 0 Å². The van der Waals surface area contributed by atoms with Crippen LogP contribution in [0, 0.1) is 6.92 Å².